The van der Waals surface area contributed by atoms with Crippen molar-refractivity contribution in [2.24, 2.45) is 5.16 Å². The van der Waals surface area contributed by atoms with E-state index in [0.717, 1.165) is 22.4 Å². The summed E-state index contributed by atoms with van der Waals surface area (Å²) in [5.41, 5.74) is 4.67. The van der Waals surface area contributed by atoms with Gasteiger partial charge in [0, 0.05) is 12.0 Å². The van der Waals surface area contributed by atoms with Gasteiger partial charge in [-0.25, -0.2) is 0 Å². The Morgan fingerprint density at radius 2 is 2.04 bits per heavy atom. The van der Waals surface area contributed by atoms with Gasteiger partial charge in [-0.15, -0.1) is 0 Å². The minimum Gasteiger partial charge on any atom is -0.399 e. The van der Waals surface area contributed by atoms with Crippen LogP contribution < -0.4 is 0 Å². The number of likely N-dealkylation sites (tertiary alicyclic amines) is 1. The maximum atomic E-state index is 12.9. The standard InChI is InChI=1S/C20H22N2O3/c1-14-10-16(8-9-19(14)15-6-4-3-5-7-15)20(24)22-12-17(21-25-2)11-18(22)13-23/h3-10,18,23H,11-13H2,1-2H3/b21-17-/t18-/m0/s1. The summed E-state index contributed by atoms with van der Waals surface area (Å²) in [6.07, 6.45) is 0.539. The summed E-state index contributed by atoms with van der Waals surface area (Å²) in [5.74, 6) is -0.0944. The van der Waals surface area contributed by atoms with Crippen molar-refractivity contribution in [3.63, 3.8) is 0 Å². The monoisotopic (exact) mass is 338 g/mol. The molecule has 0 radical (unpaired) electrons. The van der Waals surface area contributed by atoms with Crippen molar-refractivity contribution in [3.05, 3.63) is 59.7 Å². The maximum absolute atomic E-state index is 12.9. The summed E-state index contributed by atoms with van der Waals surface area (Å²) < 4.78 is 0. The Morgan fingerprint density at radius 1 is 1.28 bits per heavy atom. The van der Waals surface area contributed by atoms with Crippen molar-refractivity contribution in [1.82, 2.24) is 4.90 Å². The number of hydrogen-bond donors (Lipinski definition) is 1. The molecule has 0 aliphatic carbocycles. The third-order valence-corrected chi connectivity index (χ3v) is 4.52. The molecule has 5 nitrogen and oxygen atoms in total. The maximum Gasteiger partial charge on any atom is 0.254 e. The van der Waals surface area contributed by atoms with Gasteiger partial charge in [0.2, 0.25) is 0 Å². The highest BCUT2D eigenvalue weighted by Crippen LogP contribution is 2.26. The number of aryl methyl sites for hydroxylation is 1. The van der Waals surface area contributed by atoms with Crippen molar-refractivity contribution in [2.45, 2.75) is 19.4 Å². The van der Waals surface area contributed by atoms with Crippen LogP contribution in [-0.4, -0.2) is 47.9 Å². The van der Waals surface area contributed by atoms with Crippen molar-refractivity contribution >= 4 is 11.6 Å². The van der Waals surface area contributed by atoms with Crippen LogP contribution in [0.2, 0.25) is 0 Å². The van der Waals surface area contributed by atoms with E-state index in [9.17, 15) is 9.90 Å². The molecule has 0 aromatic heterocycles. The summed E-state index contributed by atoms with van der Waals surface area (Å²) in [6, 6.07) is 15.6. The first kappa shape index (κ1) is 17.2. The van der Waals surface area contributed by atoms with E-state index < -0.39 is 0 Å². The first-order chi connectivity index (χ1) is 12.1. The van der Waals surface area contributed by atoms with E-state index in [2.05, 4.69) is 17.3 Å². The van der Waals surface area contributed by atoms with Crippen LogP contribution in [0.3, 0.4) is 0 Å². The number of amides is 1. The lowest BCUT2D eigenvalue weighted by atomic mass is 9.98. The van der Waals surface area contributed by atoms with Crippen molar-refractivity contribution < 1.29 is 14.7 Å². The molecule has 0 saturated carbocycles. The highest BCUT2D eigenvalue weighted by Gasteiger charge is 2.33. The summed E-state index contributed by atoms with van der Waals surface area (Å²) >= 11 is 0. The largest absolute Gasteiger partial charge is 0.399 e. The van der Waals surface area contributed by atoms with Crippen molar-refractivity contribution in [3.8, 4) is 11.1 Å². The number of carbonyl (C=O) groups excluding carboxylic acids is 1. The predicted octanol–water partition coefficient (Wildman–Crippen LogP) is 2.87. The lowest BCUT2D eigenvalue weighted by Gasteiger charge is -2.22. The van der Waals surface area contributed by atoms with Crippen molar-refractivity contribution in [2.75, 3.05) is 20.3 Å². The number of rotatable bonds is 4. The molecule has 2 aromatic rings. The van der Waals surface area contributed by atoms with Gasteiger partial charge in [-0.3, -0.25) is 4.79 Å². The smallest absolute Gasteiger partial charge is 0.254 e. The number of nitrogens with zero attached hydrogens (tertiary/aromatic N) is 2. The molecule has 3 rings (SSSR count). The number of carbonyl (C=O) groups is 1. The number of aliphatic hydroxyl groups is 1. The van der Waals surface area contributed by atoms with Gasteiger partial charge in [0.25, 0.3) is 5.91 Å². The van der Waals surface area contributed by atoms with Crippen LogP contribution in [0.5, 0.6) is 0 Å². The molecule has 0 spiro atoms. The second kappa shape index (κ2) is 7.49. The fourth-order valence-corrected chi connectivity index (χ4v) is 3.27. The SMILES string of the molecule is CO/N=C1/C[C@@H](CO)N(C(=O)c2ccc(-c3ccccc3)c(C)c2)C1. The lowest BCUT2D eigenvalue weighted by molar-refractivity contribution is 0.0680. The molecule has 1 aliphatic rings. The second-order valence-corrected chi connectivity index (χ2v) is 6.21. The molecular weight excluding hydrogens is 316 g/mol. The molecule has 1 N–H and O–H groups in total. The van der Waals surface area contributed by atoms with Gasteiger partial charge in [-0.2, -0.15) is 0 Å². The average molecular weight is 338 g/mol. The highest BCUT2D eigenvalue weighted by molar-refractivity contribution is 6.01. The Labute approximate surface area is 147 Å². The molecule has 1 atom stereocenters. The molecule has 0 bridgehead atoms. The van der Waals surface area contributed by atoms with Gasteiger partial charge in [0.05, 0.1) is 24.9 Å². The third-order valence-electron chi connectivity index (χ3n) is 4.52. The van der Waals surface area contributed by atoms with E-state index in [1.54, 1.807) is 4.90 Å². The summed E-state index contributed by atoms with van der Waals surface area (Å²) in [5, 5.41) is 13.5. The Balaban J connectivity index is 1.85. The van der Waals surface area contributed by atoms with Crippen LogP contribution in [0.25, 0.3) is 11.1 Å². The minimum atomic E-state index is -0.254. The van der Waals surface area contributed by atoms with Crippen LogP contribution in [0, 0.1) is 6.92 Å². The number of aliphatic hydroxyl groups excluding tert-OH is 1. The molecule has 1 saturated heterocycles. The average Bonchev–Trinajstić information content (AvgIpc) is 3.05. The molecule has 0 unspecified atom stereocenters. The molecule has 1 aliphatic heterocycles. The lowest BCUT2D eigenvalue weighted by Crippen LogP contribution is -2.37. The van der Waals surface area contributed by atoms with Gasteiger partial charge < -0.3 is 14.8 Å². The predicted molar refractivity (Wildman–Crippen MR) is 97.6 cm³/mol. The molecule has 130 valence electrons. The first-order valence-corrected chi connectivity index (χ1v) is 8.31. The van der Waals surface area contributed by atoms with E-state index in [-0.39, 0.29) is 18.6 Å². The van der Waals surface area contributed by atoms with Gasteiger partial charge in [0.15, 0.2) is 0 Å². The summed E-state index contributed by atoms with van der Waals surface area (Å²) in [7, 11) is 1.48. The number of benzene rings is 2. The molecule has 1 heterocycles. The van der Waals surface area contributed by atoms with Gasteiger partial charge in [0.1, 0.15) is 7.11 Å². The third kappa shape index (κ3) is 3.56. The molecule has 1 amide bonds. The summed E-state index contributed by atoms with van der Waals surface area (Å²) in [6.45, 7) is 2.30. The quantitative estimate of drug-likeness (QED) is 0.872. The molecule has 1 fully saturated rings. The number of hydrogen-bond acceptors (Lipinski definition) is 4. The van der Waals surface area contributed by atoms with E-state index in [1.807, 2.05) is 43.3 Å². The van der Waals surface area contributed by atoms with Crippen LogP contribution in [0.4, 0.5) is 0 Å². The van der Waals surface area contributed by atoms with E-state index in [0.29, 0.717) is 18.5 Å². The molecule has 5 heteroatoms. The van der Waals surface area contributed by atoms with Crippen LogP contribution in [-0.2, 0) is 4.84 Å². The van der Waals surface area contributed by atoms with E-state index >= 15 is 0 Å². The Morgan fingerprint density at radius 3 is 2.68 bits per heavy atom. The van der Waals surface area contributed by atoms with Crippen LogP contribution >= 0.6 is 0 Å². The highest BCUT2D eigenvalue weighted by atomic mass is 16.6. The van der Waals surface area contributed by atoms with E-state index in [1.165, 1.54) is 7.11 Å². The zero-order valence-corrected chi connectivity index (χ0v) is 14.5. The van der Waals surface area contributed by atoms with E-state index in [4.69, 9.17) is 4.84 Å². The van der Waals surface area contributed by atoms with Crippen LogP contribution in [0.1, 0.15) is 22.3 Å². The fraction of sp³-hybridized carbons (Fsp3) is 0.300. The van der Waals surface area contributed by atoms with Gasteiger partial charge in [-0.05, 0) is 35.7 Å². The topological polar surface area (TPSA) is 62.1 Å². The Bertz CT molecular complexity index is 787. The van der Waals surface area contributed by atoms with Crippen LogP contribution in [0.15, 0.2) is 53.7 Å². The molecular formula is C20H22N2O3. The normalized spacial score (nSPS) is 18.6. The molecule has 2 aromatic carbocycles. The minimum absolute atomic E-state index is 0.0877. The zero-order valence-electron chi connectivity index (χ0n) is 14.5. The Hall–Kier alpha value is -2.66. The first-order valence-electron chi connectivity index (χ1n) is 8.31. The fourth-order valence-electron chi connectivity index (χ4n) is 3.27. The van der Waals surface area contributed by atoms with Gasteiger partial charge in [-0.1, -0.05) is 41.6 Å². The zero-order chi connectivity index (χ0) is 17.8. The number of oxime groups is 1. The summed E-state index contributed by atoms with van der Waals surface area (Å²) in [4.78, 5) is 19.4. The molecule has 25 heavy (non-hydrogen) atoms. The van der Waals surface area contributed by atoms with Crippen molar-refractivity contribution in [1.29, 1.82) is 0 Å². The van der Waals surface area contributed by atoms with Gasteiger partial charge >= 0.3 is 0 Å². The Kier molecular flexibility index (Phi) is 5.14. The second-order valence-electron chi connectivity index (χ2n) is 6.21.